The van der Waals surface area contributed by atoms with Gasteiger partial charge in [0.1, 0.15) is 6.54 Å². The van der Waals surface area contributed by atoms with Crippen LogP contribution in [0.5, 0.6) is 0 Å². The van der Waals surface area contributed by atoms with Gasteiger partial charge in [-0.3, -0.25) is 4.79 Å². The Morgan fingerprint density at radius 3 is 3.07 bits per heavy atom. The molecule has 0 aromatic carbocycles. The van der Waals surface area contributed by atoms with Crippen LogP contribution in [0.3, 0.4) is 0 Å². The van der Waals surface area contributed by atoms with Crippen molar-refractivity contribution in [1.82, 2.24) is 14.9 Å². The molecule has 5 heteroatoms. The van der Waals surface area contributed by atoms with Gasteiger partial charge in [0, 0.05) is 18.8 Å². The molecular formula is C9H16N4O. The number of nitrogens with two attached hydrogens (primary N) is 1. The normalized spacial score (nSPS) is 12.5. The highest BCUT2D eigenvalue weighted by Crippen LogP contribution is 2.07. The van der Waals surface area contributed by atoms with Gasteiger partial charge in [-0.25, -0.2) is 4.98 Å². The van der Waals surface area contributed by atoms with Gasteiger partial charge in [0.2, 0.25) is 5.91 Å². The number of aromatic nitrogens is 2. The fraction of sp³-hybridized carbons (Fsp3) is 0.556. The lowest BCUT2D eigenvalue weighted by Gasteiger charge is -2.09. The number of rotatable bonds is 4. The Hall–Kier alpha value is -1.36. The van der Waals surface area contributed by atoms with Crippen molar-refractivity contribution >= 4 is 5.91 Å². The SMILES string of the molecule is CCNC(=O)Cn1cncc1[C@@H](C)N. The number of carbonyl (C=O) groups excluding carboxylic acids is 1. The van der Waals surface area contributed by atoms with E-state index in [0.29, 0.717) is 6.54 Å². The van der Waals surface area contributed by atoms with Crippen molar-refractivity contribution in [3.8, 4) is 0 Å². The molecule has 5 nitrogen and oxygen atoms in total. The molecule has 0 radical (unpaired) electrons. The van der Waals surface area contributed by atoms with Crippen LogP contribution >= 0.6 is 0 Å². The second-order valence-corrected chi connectivity index (χ2v) is 3.19. The fourth-order valence-electron chi connectivity index (χ4n) is 1.25. The van der Waals surface area contributed by atoms with Gasteiger partial charge < -0.3 is 15.6 Å². The van der Waals surface area contributed by atoms with E-state index in [1.807, 2.05) is 13.8 Å². The van der Waals surface area contributed by atoms with Gasteiger partial charge in [0.25, 0.3) is 0 Å². The summed E-state index contributed by atoms with van der Waals surface area (Å²) in [7, 11) is 0. The highest BCUT2D eigenvalue weighted by molar-refractivity contribution is 5.75. The summed E-state index contributed by atoms with van der Waals surface area (Å²) in [6.07, 6.45) is 3.30. The fourth-order valence-corrected chi connectivity index (χ4v) is 1.25. The Morgan fingerprint density at radius 1 is 1.79 bits per heavy atom. The van der Waals surface area contributed by atoms with Crippen molar-refractivity contribution in [3.05, 3.63) is 18.2 Å². The molecule has 1 aromatic heterocycles. The smallest absolute Gasteiger partial charge is 0.239 e. The van der Waals surface area contributed by atoms with Crippen molar-refractivity contribution < 1.29 is 4.79 Å². The monoisotopic (exact) mass is 196 g/mol. The van der Waals surface area contributed by atoms with Crippen LogP contribution in [-0.2, 0) is 11.3 Å². The summed E-state index contributed by atoms with van der Waals surface area (Å²) in [6.45, 7) is 4.68. The first-order valence-electron chi connectivity index (χ1n) is 4.67. The summed E-state index contributed by atoms with van der Waals surface area (Å²) >= 11 is 0. The third-order valence-corrected chi connectivity index (χ3v) is 1.90. The zero-order valence-corrected chi connectivity index (χ0v) is 8.53. The van der Waals surface area contributed by atoms with E-state index >= 15 is 0 Å². The molecule has 0 saturated heterocycles. The molecular weight excluding hydrogens is 180 g/mol. The first-order valence-corrected chi connectivity index (χ1v) is 4.67. The van der Waals surface area contributed by atoms with Crippen LogP contribution < -0.4 is 11.1 Å². The second-order valence-electron chi connectivity index (χ2n) is 3.19. The molecule has 0 unspecified atom stereocenters. The zero-order chi connectivity index (χ0) is 10.6. The van der Waals surface area contributed by atoms with Crippen molar-refractivity contribution in [2.75, 3.05) is 6.54 Å². The Bertz CT molecular complexity index is 306. The summed E-state index contributed by atoms with van der Waals surface area (Å²) < 4.78 is 1.76. The number of amides is 1. The van der Waals surface area contributed by atoms with Gasteiger partial charge in [-0.2, -0.15) is 0 Å². The molecule has 0 bridgehead atoms. The highest BCUT2D eigenvalue weighted by atomic mass is 16.1. The van der Waals surface area contributed by atoms with Gasteiger partial charge in [0.05, 0.1) is 12.0 Å². The largest absolute Gasteiger partial charge is 0.355 e. The van der Waals surface area contributed by atoms with E-state index < -0.39 is 0 Å². The number of hydrogen-bond acceptors (Lipinski definition) is 3. The molecule has 0 aliphatic carbocycles. The van der Waals surface area contributed by atoms with E-state index in [9.17, 15) is 4.79 Å². The summed E-state index contributed by atoms with van der Waals surface area (Å²) in [5.41, 5.74) is 6.59. The summed E-state index contributed by atoms with van der Waals surface area (Å²) in [6, 6.07) is -0.105. The van der Waals surface area contributed by atoms with E-state index in [4.69, 9.17) is 5.73 Å². The first kappa shape index (κ1) is 10.7. The zero-order valence-electron chi connectivity index (χ0n) is 8.53. The minimum atomic E-state index is -0.105. The average Bonchev–Trinajstić information content (AvgIpc) is 2.52. The van der Waals surface area contributed by atoms with Gasteiger partial charge in [-0.15, -0.1) is 0 Å². The van der Waals surface area contributed by atoms with Crippen molar-refractivity contribution in [2.45, 2.75) is 26.4 Å². The third-order valence-electron chi connectivity index (χ3n) is 1.90. The van der Waals surface area contributed by atoms with Crippen LogP contribution in [0.4, 0.5) is 0 Å². The molecule has 1 heterocycles. The molecule has 1 rings (SSSR count). The van der Waals surface area contributed by atoms with E-state index in [0.717, 1.165) is 5.69 Å². The van der Waals surface area contributed by atoms with E-state index in [-0.39, 0.29) is 18.5 Å². The molecule has 0 spiro atoms. The number of hydrogen-bond donors (Lipinski definition) is 2. The van der Waals surface area contributed by atoms with Gasteiger partial charge in [-0.1, -0.05) is 0 Å². The van der Waals surface area contributed by atoms with Crippen molar-refractivity contribution in [2.24, 2.45) is 5.73 Å². The number of imidazole rings is 1. The Morgan fingerprint density at radius 2 is 2.50 bits per heavy atom. The van der Waals surface area contributed by atoms with Gasteiger partial charge in [-0.05, 0) is 13.8 Å². The van der Waals surface area contributed by atoms with Crippen molar-refractivity contribution in [3.63, 3.8) is 0 Å². The number of nitrogens with one attached hydrogen (secondary N) is 1. The Kier molecular flexibility index (Phi) is 3.64. The van der Waals surface area contributed by atoms with E-state index in [2.05, 4.69) is 10.3 Å². The first-order chi connectivity index (χ1) is 6.65. The molecule has 1 aromatic rings. The van der Waals surface area contributed by atoms with Gasteiger partial charge in [0.15, 0.2) is 0 Å². The number of likely N-dealkylation sites (N-methyl/N-ethyl adjacent to an activating group) is 1. The quantitative estimate of drug-likeness (QED) is 0.714. The molecule has 0 fully saturated rings. The molecule has 0 aliphatic rings. The average molecular weight is 196 g/mol. The minimum Gasteiger partial charge on any atom is -0.355 e. The maximum Gasteiger partial charge on any atom is 0.239 e. The minimum absolute atomic E-state index is 0.0209. The summed E-state index contributed by atoms with van der Waals surface area (Å²) in [4.78, 5) is 15.2. The van der Waals surface area contributed by atoms with Crippen LogP contribution in [0.2, 0.25) is 0 Å². The van der Waals surface area contributed by atoms with Crippen LogP contribution in [0.25, 0.3) is 0 Å². The second kappa shape index (κ2) is 4.76. The third kappa shape index (κ3) is 2.56. The molecule has 78 valence electrons. The lowest BCUT2D eigenvalue weighted by Crippen LogP contribution is -2.28. The lowest BCUT2D eigenvalue weighted by atomic mass is 10.3. The number of nitrogens with zero attached hydrogens (tertiary/aromatic N) is 2. The van der Waals surface area contributed by atoms with Crippen LogP contribution in [0, 0.1) is 0 Å². The highest BCUT2D eigenvalue weighted by Gasteiger charge is 2.08. The number of carbonyl (C=O) groups is 1. The van der Waals surface area contributed by atoms with Crippen molar-refractivity contribution in [1.29, 1.82) is 0 Å². The summed E-state index contributed by atoms with van der Waals surface area (Å²) in [5.74, 6) is -0.0209. The molecule has 0 saturated carbocycles. The van der Waals surface area contributed by atoms with Gasteiger partial charge >= 0.3 is 0 Å². The Labute approximate surface area is 83.3 Å². The van der Waals surface area contributed by atoms with E-state index in [1.54, 1.807) is 17.1 Å². The van der Waals surface area contributed by atoms with Crippen LogP contribution in [0.15, 0.2) is 12.5 Å². The topological polar surface area (TPSA) is 72.9 Å². The molecule has 14 heavy (non-hydrogen) atoms. The lowest BCUT2D eigenvalue weighted by molar-refractivity contribution is -0.121. The maximum atomic E-state index is 11.3. The summed E-state index contributed by atoms with van der Waals surface area (Å²) in [5, 5.41) is 2.72. The Balaban J connectivity index is 2.66. The predicted octanol–water partition coefficient (Wildman–Crippen LogP) is 0.0389. The standard InChI is InChI=1S/C9H16N4O/c1-3-12-9(14)5-13-6-11-4-8(13)7(2)10/h4,6-7H,3,5,10H2,1-2H3,(H,12,14)/t7-/m1/s1. The molecule has 1 amide bonds. The van der Waals surface area contributed by atoms with Crippen LogP contribution in [0.1, 0.15) is 25.6 Å². The predicted molar refractivity (Wildman–Crippen MR) is 53.5 cm³/mol. The maximum absolute atomic E-state index is 11.3. The molecule has 3 N–H and O–H groups in total. The molecule has 0 aliphatic heterocycles. The van der Waals surface area contributed by atoms with E-state index in [1.165, 1.54) is 0 Å². The molecule has 1 atom stereocenters. The van der Waals surface area contributed by atoms with Crippen LogP contribution in [-0.4, -0.2) is 22.0 Å².